The highest BCUT2D eigenvalue weighted by atomic mass is 35.5. The Balaban J connectivity index is 3.07. The Bertz CT molecular complexity index is 210. The van der Waals surface area contributed by atoms with E-state index in [4.69, 9.17) is 32.7 Å². The van der Waals surface area contributed by atoms with Gasteiger partial charge in [0.1, 0.15) is 11.8 Å². The van der Waals surface area contributed by atoms with Crippen molar-refractivity contribution in [2.24, 2.45) is 0 Å². The molecule has 0 aliphatic heterocycles. The summed E-state index contributed by atoms with van der Waals surface area (Å²) < 4.78 is 9.67. The maximum Gasteiger partial charge on any atom is 0.320 e. The summed E-state index contributed by atoms with van der Waals surface area (Å²) in [5, 5.41) is 0. The highest BCUT2D eigenvalue weighted by Gasteiger charge is 2.00. The smallest absolute Gasteiger partial charge is 0.320 e. The molecule has 106 valence electrons. The molecule has 18 heavy (non-hydrogen) atoms. The van der Waals surface area contributed by atoms with E-state index in [1.807, 2.05) is 0 Å². The van der Waals surface area contributed by atoms with Gasteiger partial charge in [-0.15, -0.1) is 23.2 Å². The Hall–Kier alpha value is -0.480. The van der Waals surface area contributed by atoms with E-state index in [1.165, 1.54) is 0 Å². The van der Waals surface area contributed by atoms with Gasteiger partial charge in [-0.1, -0.05) is 25.7 Å². The molecule has 0 aromatic carbocycles. The summed E-state index contributed by atoms with van der Waals surface area (Å²) in [4.78, 5) is 21.4. The van der Waals surface area contributed by atoms with Crippen molar-refractivity contribution in [2.45, 2.75) is 38.5 Å². The van der Waals surface area contributed by atoms with Crippen LogP contribution in [0.2, 0.25) is 0 Å². The number of unbranched alkanes of at least 4 members (excludes halogenated alkanes) is 5. The molecular formula is C12H20Cl2O4. The third-order valence-corrected chi connectivity index (χ3v) is 2.72. The monoisotopic (exact) mass is 298 g/mol. The second-order valence-corrected chi connectivity index (χ2v) is 4.36. The van der Waals surface area contributed by atoms with E-state index < -0.39 is 0 Å². The van der Waals surface area contributed by atoms with Crippen molar-refractivity contribution < 1.29 is 19.1 Å². The van der Waals surface area contributed by atoms with Crippen LogP contribution in [0.1, 0.15) is 38.5 Å². The minimum atomic E-state index is -0.363. The van der Waals surface area contributed by atoms with E-state index in [-0.39, 0.29) is 23.7 Å². The van der Waals surface area contributed by atoms with Crippen LogP contribution >= 0.6 is 23.2 Å². The van der Waals surface area contributed by atoms with Crippen LogP contribution in [0.15, 0.2) is 0 Å². The van der Waals surface area contributed by atoms with Gasteiger partial charge in [-0.3, -0.25) is 9.59 Å². The molecule has 0 aromatic heterocycles. The third-order valence-electron chi connectivity index (χ3n) is 2.28. The lowest BCUT2D eigenvalue weighted by Crippen LogP contribution is -2.07. The summed E-state index contributed by atoms with van der Waals surface area (Å²) in [6, 6.07) is 0. The predicted molar refractivity (Wildman–Crippen MR) is 71.1 cm³/mol. The molecular weight excluding hydrogens is 279 g/mol. The van der Waals surface area contributed by atoms with Crippen molar-refractivity contribution in [2.75, 3.05) is 25.0 Å². The maximum absolute atomic E-state index is 10.7. The number of halogens is 2. The first-order chi connectivity index (χ1) is 8.70. The zero-order chi connectivity index (χ0) is 13.6. The van der Waals surface area contributed by atoms with Crippen molar-refractivity contribution in [3.05, 3.63) is 0 Å². The normalized spacial score (nSPS) is 10.1. The molecule has 0 fully saturated rings. The first kappa shape index (κ1) is 17.5. The van der Waals surface area contributed by atoms with Gasteiger partial charge in [-0.2, -0.15) is 0 Å². The Morgan fingerprint density at radius 1 is 0.667 bits per heavy atom. The molecule has 0 spiro atoms. The third kappa shape index (κ3) is 12.0. The minimum Gasteiger partial charge on any atom is -0.465 e. The van der Waals surface area contributed by atoms with E-state index in [2.05, 4.69) is 0 Å². The van der Waals surface area contributed by atoms with E-state index in [0.717, 1.165) is 38.5 Å². The number of rotatable bonds is 11. The average Bonchev–Trinajstić information content (AvgIpc) is 2.40. The number of carbonyl (C=O) groups is 2. The first-order valence-electron chi connectivity index (χ1n) is 6.14. The van der Waals surface area contributed by atoms with Crippen LogP contribution in [-0.2, 0) is 19.1 Å². The molecule has 0 radical (unpaired) electrons. The van der Waals surface area contributed by atoms with E-state index >= 15 is 0 Å². The van der Waals surface area contributed by atoms with Crippen molar-refractivity contribution in [1.82, 2.24) is 0 Å². The molecule has 0 N–H and O–H groups in total. The maximum atomic E-state index is 10.7. The van der Waals surface area contributed by atoms with Crippen LogP contribution in [0, 0.1) is 0 Å². The second kappa shape index (κ2) is 13.0. The SMILES string of the molecule is O=C(CCl)OCCCCCCCCOC(=O)CCl. The van der Waals surface area contributed by atoms with E-state index in [9.17, 15) is 9.59 Å². The zero-order valence-corrected chi connectivity index (χ0v) is 12.0. The van der Waals surface area contributed by atoms with Gasteiger partial charge in [-0.05, 0) is 12.8 Å². The number of hydrogen-bond donors (Lipinski definition) is 0. The van der Waals surface area contributed by atoms with Crippen molar-refractivity contribution in [3.63, 3.8) is 0 Å². The number of esters is 2. The van der Waals surface area contributed by atoms with Gasteiger partial charge in [0.2, 0.25) is 0 Å². The Kier molecular flexibility index (Phi) is 12.6. The zero-order valence-electron chi connectivity index (χ0n) is 10.5. The Labute approximate surface area is 118 Å². The molecule has 0 amide bonds. The van der Waals surface area contributed by atoms with E-state index in [0.29, 0.717) is 13.2 Å². The molecule has 0 aliphatic rings. The van der Waals surface area contributed by atoms with E-state index in [1.54, 1.807) is 0 Å². The molecule has 0 saturated heterocycles. The molecule has 0 unspecified atom stereocenters. The topological polar surface area (TPSA) is 52.6 Å². The molecule has 0 rings (SSSR count). The van der Waals surface area contributed by atoms with Gasteiger partial charge in [0.15, 0.2) is 0 Å². The Morgan fingerprint density at radius 2 is 1.00 bits per heavy atom. The van der Waals surface area contributed by atoms with Crippen LogP contribution in [0.4, 0.5) is 0 Å². The van der Waals surface area contributed by atoms with Crippen molar-refractivity contribution in [3.8, 4) is 0 Å². The van der Waals surface area contributed by atoms with Crippen LogP contribution in [-0.4, -0.2) is 36.9 Å². The van der Waals surface area contributed by atoms with Gasteiger partial charge < -0.3 is 9.47 Å². The lowest BCUT2D eigenvalue weighted by atomic mass is 10.1. The molecule has 0 heterocycles. The Morgan fingerprint density at radius 3 is 1.33 bits per heavy atom. The van der Waals surface area contributed by atoms with Crippen molar-refractivity contribution in [1.29, 1.82) is 0 Å². The second-order valence-electron chi connectivity index (χ2n) is 3.83. The number of hydrogen-bond acceptors (Lipinski definition) is 4. The average molecular weight is 299 g/mol. The van der Waals surface area contributed by atoms with Crippen LogP contribution in [0.5, 0.6) is 0 Å². The highest BCUT2D eigenvalue weighted by Crippen LogP contribution is 2.06. The quantitative estimate of drug-likeness (QED) is 0.334. The minimum absolute atomic E-state index is 0.0823. The molecule has 0 aliphatic carbocycles. The summed E-state index contributed by atoms with van der Waals surface area (Å²) in [6.45, 7) is 0.887. The first-order valence-corrected chi connectivity index (χ1v) is 7.20. The molecule has 0 aromatic rings. The highest BCUT2D eigenvalue weighted by molar-refractivity contribution is 6.26. The van der Waals surface area contributed by atoms with Gasteiger partial charge >= 0.3 is 11.9 Å². The van der Waals surface area contributed by atoms with Crippen LogP contribution in [0.25, 0.3) is 0 Å². The van der Waals surface area contributed by atoms with Gasteiger partial charge in [0, 0.05) is 0 Å². The summed E-state index contributed by atoms with van der Waals surface area (Å²) in [7, 11) is 0. The summed E-state index contributed by atoms with van der Waals surface area (Å²) in [5.41, 5.74) is 0. The fourth-order valence-corrected chi connectivity index (χ4v) is 1.51. The molecule has 4 nitrogen and oxygen atoms in total. The molecule has 0 atom stereocenters. The summed E-state index contributed by atoms with van der Waals surface area (Å²) >= 11 is 10.6. The predicted octanol–water partition coefficient (Wildman–Crippen LogP) is 2.89. The standard InChI is InChI=1S/C12H20Cl2O4/c13-9-11(15)17-7-5-3-1-2-4-6-8-18-12(16)10-14/h1-10H2. The summed E-state index contributed by atoms with van der Waals surface area (Å²) in [6.07, 6.45) is 5.95. The van der Waals surface area contributed by atoms with Gasteiger partial charge in [0.25, 0.3) is 0 Å². The largest absolute Gasteiger partial charge is 0.465 e. The molecule has 0 bridgehead atoms. The fraction of sp³-hybridized carbons (Fsp3) is 0.833. The lowest BCUT2D eigenvalue weighted by Gasteiger charge is -2.04. The number of carbonyl (C=O) groups excluding carboxylic acids is 2. The molecule has 0 saturated carbocycles. The van der Waals surface area contributed by atoms with Crippen LogP contribution < -0.4 is 0 Å². The number of alkyl halides is 2. The van der Waals surface area contributed by atoms with Crippen molar-refractivity contribution >= 4 is 35.1 Å². The lowest BCUT2D eigenvalue weighted by molar-refractivity contribution is -0.141. The number of ether oxygens (including phenoxy) is 2. The fourth-order valence-electron chi connectivity index (χ4n) is 1.36. The molecule has 6 heteroatoms. The van der Waals surface area contributed by atoms with Crippen LogP contribution in [0.3, 0.4) is 0 Å². The van der Waals surface area contributed by atoms with Gasteiger partial charge in [-0.25, -0.2) is 0 Å². The van der Waals surface area contributed by atoms with Gasteiger partial charge in [0.05, 0.1) is 13.2 Å². The summed E-state index contributed by atoms with van der Waals surface area (Å²) in [5.74, 6) is -0.891.